The Labute approximate surface area is 103 Å². The van der Waals surface area contributed by atoms with E-state index < -0.39 is 0 Å². The quantitative estimate of drug-likeness (QED) is 0.549. The van der Waals surface area contributed by atoms with Gasteiger partial charge < -0.3 is 4.74 Å². The van der Waals surface area contributed by atoms with Crippen molar-refractivity contribution in [2.24, 2.45) is 0 Å². The third kappa shape index (κ3) is 3.57. The molecule has 0 aliphatic heterocycles. The average molecular weight is 239 g/mol. The number of alkyl halides is 1. The van der Waals surface area contributed by atoms with Gasteiger partial charge in [-0.15, -0.1) is 11.6 Å². The molecule has 0 bridgehead atoms. The second kappa shape index (κ2) is 5.95. The van der Waals surface area contributed by atoms with Gasteiger partial charge in [-0.05, 0) is 41.7 Å². The predicted molar refractivity (Wildman–Crippen MR) is 70.6 cm³/mol. The fraction of sp³-hybridized carbons (Fsp3) is 0.429. The first-order chi connectivity index (χ1) is 7.54. The van der Waals surface area contributed by atoms with Gasteiger partial charge in [0.2, 0.25) is 0 Å². The van der Waals surface area contributed by atoms with Gasteiger partial charge in [0.05, 0.1) is 0 Å². The van der Waals surface area contributed by atoms with Crippen LogP contribution in [0.5, 0.6) is 5.75 Å². The minimum atomic E-state index is 0.447. The van der Waals surface area contributed by atoms with Crippen molar-refractivity contribution in [2.45, 2.75) is 26.7 Å². The molecule has 16 heavy (non-hydrogen) atoms. The number of ether oxygens (including phenoxy) is 1. The number of aryl methyl sites for hydroxylation is 1. The number of rotatable bonds is 5. The van der Waals surface area contributed by atoms with E-state index >= 15 is 0 Å². The molecule has 88 valence electrons. The molecule has 2 heteroatoms. The SMILES string of the molecule is C=C(CCl)COc1ccc(C(C)C)c(C)c1. The third-order valence-electron chi connectivity index (χ3n) is 2.50. The molecule has 0 unspecified atom stereocenters. The molecule has 0 saturated heterocycles. The first-order valence-corrected chi connectivity index (χ1v) is 6.04. The van der Waals surface area contributed by atoms with Gasteiger partial charge in [0.1, 0.15) is 12.4 Å². The van der Waals surface area contributed by atoms with Crippen molar-refractivity contribution in [3.63, 3.8) is 0 Å². The summed E-state index contributed by atoms with van der Waals surface area (Å²) in [7, 11) is 0. The van der Waals surface area contributed by atoms with E-state index in [-0.39, 0.29) is 0 Å². The molecule has 0 aromatic heterocycles. The van der Waals surface area contributed by atoms with Crippen LogP contribution in [0.15, 0.2) is 30.4 Å². The Morgan fingerprint density at radius 3 is 2.62 bits per heavy atom. The lowest BCUT2D eigenvalue weighted by Gasteiger charge is -2.12. The van der Waals surface area contributed by atoms with Gasteiger partial charge in [-0.25, -0.2) is 0 Å². The predicted octanol–water partition coefficient (Wildman–Crippen LogP) is 4.29. The van der Waals surface area contributed by atoms with Gasteiger partial charge in [-0.3, -0.25) is 0 Å². The van der Waals surface area contributed by atoms with Crippen LogP contribution in [0.1, 0.15) is 30.9 Å². The molecule has 0 N–H and O–H groups in total. The highest BCUT2D eigenvalue weighted by Gasteiger charge is 2.04. The summed E-state index contributed by atoms with van der Waals surface area (Å²) in [6.07, 6.45) is 0. The van der Waals surface area contributed by atoms with Crippen molar-refractivity contribution < 1.29 is 4.74 Å². The highest BCUT2D eigenvalue weighted by molar-refractivity contribution is 6.19. The highest BCUT2D eigenvalue weighted by atomic mass is 35.5. The van der Waals surface area contributed by atoms with E-state index in [4.69, 9.17) is 16.3 Å². The number of hydrogen-bond donors (Lipinski definition) is 0. The molecule has 1 rings (SSSR count). The van der Waals surface area contributed by atoms with E-state index in [2.05, 4.69) is 39.5 Å². The molecule has 0 aliphatic rings. The fourth-order valence-corrected chi connectivity index (χ4v) is 1.69. The number of benzene rings is 1. The van der Waals surface area contributed by atoms with Crippen LogP contribution in [0.4, 0.5) is 0 Å². The van der Waals surface area contributed by atoms with E-state index in [9.17, 15) is 0 Å². The molecule has 0 amide bonds. The zero-order valence-corrected chi connectivity index (χ0v) is 11.0. The number of halogens is 1. The van der Waals surface area contributed by atoms with E-state index in [0.29, 0.717) is 18.4 Å². The summed E-state index contributed by atoms with van der Waals surface area (Å²) >= 11 is 5.64. The van der Waals surface area contributed by atoms with Crippen LogP contribution in [0.3, 0.4) is 0 Å². The van der Waals surface area contributed by atoms with Gasteiger partial charge in [-0.2, -0.15) is 0 Å². The van der Waals surface area contributed by atoms with Crippen molar-refractivity contribution in [3.05, 3.63) is 41.5 Å². The summed E-state index contributed by atoms with van der Waals surface area (Å²) in [5, 5.41) is 0. The summed E-state index contributed by atoms with van der Waals surface area (Å²) in [6, 6.07) is 6.19. The smallest absolute Gasteiger partial charge is 0.120 e. The van der Waals surface area contributed by atoms with Crippen LogP contribution in [-0.4, -0.2) is 12.5 Å². The summed E-state index contributed by atoms with van der Waals surface area (Å²) in [5.74, 6) is 1.88. The molecule has 0 spiro atoms. The van der Waals surface area contributed by atoms with Crippen LogP contribution in [0, 0.1) is 6.92 Å². The highest BCUT2D eigenvalue weighted by Crippen LogP contribution is 2.23. The summed E-state index contributed by atoms with van der Waals surface area (Å²) < 4.78 is 5.59. The van der Waals surface area contributed by atoms with E-state index in [1.165, 1.54) is 11.1 Å². The third-order valence-corrected chi connectivity index (χ3v) is 2.87. The lowest BCUT2D eigenvalue weighted by atomic mass is 9.98. The Morgan fingerprint density at radius 1 is 1.44 bits per heavy atom. The molecular formula is C14H19ClO. The average Bonchev–Trinajstić information content (AvgIpc) is 2.25. The van der Waals surface area contributed by atoms with Crippen LogP contribution in [0.2, 0.25) is 0 Å². The zero-order chi connectivity index (χ0) is 12.1. The summed E-state index contributed by atoms with van der Waals surface area (Å²) in [6.45, 7) is 10.8. The molecule has 0 fully saturated rings. The molecular weight excluding hydrogens is 220 g/mol. The van der Waals surface area contributed by atoms with Crippen molar-refractivity contribution in [3.8, 4) is 5.75 Å². The topological polar surface area (TPSA) is 9.23 Å². The molecule has 0 saturated carbocycles. The minimum absolute atomic E-state index is 0.447. The van der Waals surface area contributed by atoms with Crippen LogP contribution in [-0.2, 0) is 0 Å². The van der Waals surface area contributed by atoms with E-state index in [1.54, 1.807) is 0 Å². The van der Waals surface area contributed by atoms with E-state index in [0.717, 1.165) is 11.3 Å². The normalized spacial score (nSPS) is 10.6. The molecule has 0 radical (unpaired) electrons. The molecule has 1 aromatic rings. The molecule has 1 nitrogen and oxygen atoms in total. The minimum Gasteiger partial charge on any atom is -0.489 e. The standard InChI is InChI=1S/C14H19ClO/c1-10(2)14-6-5-13(7-12(14)4)16-9-11(3)8-15/h5-7,10H,3,8-9H2,1-2,4H3. The van der Waals surface area contributed by atoms with Crippen molar-refractivity contribution >= 4 is 11.6 Å². The molecule has 0 atom stereocenters. The second-order valence-corrected chi connectivity index (χ2v) is 4.61. The Bertz CT molecular complexity index is 369. The van der Waals surface area contributed by atoms with Gasteiger partial charge in [0.15, 0.2) is 0 Å². The Balaban J connectivity index is 2.70. The number of hydrogen-bond acceptors (Lipinski definition) is 1. The van der Waals surface area contributed by atoms with Crippen molar-refractivity contribution in [1.82, 2.24) is 0 Å². The second-order valence-electron chi connectivity index (χ2n) is 4.35. The van der Waals surface area contributed by atoms with Gasteiger partial charge in [-0.1, -0.05) is 26.5 Å². The zero-order valence-electron chi connectivity index (χ0n) is 10.2. The lowest BCUT2D eigenvalue weighted by Crippen LogP contribution is -2.02. The molecule has 0 aliphatic carbocycles. The molecule has 1 aromatic carbocycles. The van der Waals surface area contributed by atoms with Gasteiger partial charge >= 0.3 is 0 Å². The Hall–Kier alpha value is -0.950. The van der Waals surface area contributed by atoms with E-state index in [1.807, 2.05) is 6.07 Å². The van der Waals surface area contributed by atoms with Crippen LogP contribution in [0.25, 0.3) is 0 Å². The maximum Gasteiger partial charge on any atom is 0.120 e. The lowest BCUT2D eigenvalue weighted by molar-refractivity contribution is 0.352. The Kier molecular flexibility index (Phi) is 4.88. The Morgan fingerprint density at radius 2 is 2.12 bits per heavy atom. The monoisotopic (exact) mass is 238 g/mol. The van der Waals surface area contributed by atoms with Crippen LogP contribution < -0.4 is 4.74 Å². The first kappa shape index (κ1) is 13.1. The van der Waals surface area contributed by atoms with Gasteiger partial charge in [0.25, 0.3) is 0 Å². The maximum atomic E-state index is 5.64. The molecule has 0 heterocycles. The summed E-state index contributed by atoms with van der Waals surface area (Å²) in [5.41, 5.74) is 3.53. The van der Waals surface area contributed by atoms with Crippen molar-refractivity contribution in [1.29, 1.82) is 0 Å². The van der Waals surface area contributed by atoms with Crippen molar-refractivity contribution in [2.75, 3.05) is 12.5 Å². The van der Waals surface area contributed by atoms with Gasteiger partial charge in [0, 0.05) is 5.88 Å². The fourth-order valence-electron chi connectivity index (χ4n) is 1.61. The maximum absolute atomic E-state index is 5.64. The first-order valence-electron chi connectivity index (χ1n) is 5.50. The largest absolute Gasteiger partial charge is 0.489 e. The summed E-state index contributed by atoms with van der Waals surface area (Å²) in [4.78, 5) is 0. The van der Waals surface area contributed by atoms with Crippen LogP contribution >= 0.6 is 11.6 Å².